The van der Waals surface area contributed by atoms with E-state index in [0.717, 1.165) is 12.4 Å². The molecule has 0 bridgehead atoms. The smallest absolute Gasteiger partial charge is 0.165 e. The standard InChI is InChI=1S/C13H14FN3O/c1-3-15-12-6-7-16-13(17-12)9-4-5-11(18-2)10(14)8-9/h4-8H,3H2,1-2H3,(H,15,16,17). The van der Waals surface area contributed by atoms with Crippen molar-refractivity contribution in [3.05, 3.63) is 36.3 Å². The molecule has 1 aromatic carbocycles. The van der Waals surface area contributed by atoms with Gasteiger partial charge in [-0.1, -0.05) is 0 Å². The number of nitrogens with zero attached hydrogens (tertiary/aromatic N) is 2. The van der Waals surface area contributed by atoms with Crippen molar-refractivity contribution >= 4 is 5.82 Å². The first-order valence-electron chi connectivity index (χ1n) is 5.65. The molecular formula is C13H14FN3O. The Morgan fingerprint density at radius 3 is 2.83 bits per heavy atom. The summed E-state index contributed by atoms with van der Waals surface area (Å²) in [6.45, 7) is 2.75. The fraction of sp³-hybridized carbons (Fsp3) is 0.231. The number of benzene rings is 1. The second-order valence-corrected chi connectivity index (χ2v) is 3.65. The molecule has 0 aliphatic heterocycles. The summed E-state index contributed by atoms with van der Waals surface area (Å²) in [5.41, 5.74) is 0.619. The molecule has 5 heteroatoms. The number of ether oxygens (including phenoxy) is 1. The first-order valence-corrected chi connectivity index (χ1v) is 5.65. The van der Waals surface area contributed by atoms with Crippen LogP contribution in [0.1, 0.15) is 6.92 Å². The molecule has 2 aromatic rings. The van der Waals surface area contributed by atoms with Crippen LogP contribution in [-0.2, 0) is 0 Å². The Morgan fingerprint density at radius 2 is 2.17 bits per heavy atom. The van der Waals surface area contributed by atoms with E-state index in [0.29, 0.717) is 11.4 Å². The van der Waals surface area contributed by atoms with E-state index in [1.807, 2.05) is 6.92 Å². The van der Waals surface area contributed by atoms with Crippen molar-refractivity contribution in [3.63, 3.8) is 0 Å². The van der Waals surface area contributed by atoms with Crippen molar-refractivity contribution in [3.8, 4) is 17.1 Å². The van der Waals surface area contributed by atoms with E-state index in [1.54, 1.807) is 24.4 Å². The van der Waals surface area contributed by atoms with Crippen molar-refractivity contribution in [2.75, 3.05) is 19.0 Å². The van der Waals surface area contributed by atoms with Crippen molar-refractivity contribution < 1.29 is 9.13 Å². The van der Waals surface area contributed by atoms with Crippen LogP contribution in [0.4, 0.5) is 10.2 Å². The highest BCUT2D eigenvalue weighted by atomic mass is 19.1. The maximum absolute atomic E-state index is 13.6. The predicted molar refractivity (Wildman–Crippen MR) is 68.1 cm³/mol. The van der Waals surface area contributed by atoms with Crippen LogP contribution in [0.25, 0.3) is 11.4 Å². The Bertz CT molecular complexity index is 546. The molecule has 0 aliphatic rings. The lowest BCUT2D eigenvalue weighted by molar-refractivity contribution is 0.386. The number of hydrogen-bond donors (Lipinski definition) is 1. The Balaban J connectivity index is 2.36. The third-order valence-corrected chi connectivity index (χ3v) is 2.42. The van der Waals surface area contributed by atoms with Gasteiger partial charge >= 0.3 is 0 Å². The lowest BCUT2D eigenvalue weighted by Gasteiger charge is -2.06. The molecule has 1 aromatic heterocycles. The highest BCUT2D eigenvalue weighted by Crippen LogP contribution is 2.23. The molecule has 94 valence electrons. The summed E-state index contributed by atoms with van der Waals surface area (Å²) >= 11 is 0. The summed E-state index contributed by atoms with van der Waals surface area (Å²) in [7, 11) is 1.43. The molecule has 0 spiro atoms. The van der Waals surface area contributed by atoms with Crippen LogP contribution >= 0.6 is 0 Å². The highest BCUT2D eigenvalue weighted by molar-refractivity contribution is 5.58. The van der Waals surface area contributed by atoms with Gasteiger partial charge in [0, 0.05) is 18.3 Å². The highest BCUT2D eigenvalue weighted by Gasteiger charge is 2.07. The van der Waals surface area contributed by atoms with E-state index < -0.39 is 5.82 Å². The van der Waals surface area contributed by atoms with E-state index in [2.05, 4.69) is 15.3 Å². The SMILES string of the molecule is CCNc1ccnc(-c2ccc(OC)c(F)c2)n1. The minimum absolute atomic E-state index is 0.210. The van der Waals surface area contributed by atoms with E-state index in [4.69, 9.17) is 4.74 Å². The van der Waals surface area contributed by atoms with Crippen LogP contribution in [0.15, 0.2) is 30.5 Å². The zero-order chi connectivity index (χ0) is 13.0. The van der Waals surface area contributed by atoms with E-state index in [9.17, 15) is 4.39 Å². The molecule has 2 rings (SSSR count). The summed E-state index contributed by atoms with van der Waals surface area (Å²) in [4.78, 5) is 8.43. The quantitative estimate of drug-likeness (QED) is 0.902. The van der Waals surface area contributed by atoms with Gasteiger partial charge in [-0.15, -0.1) is 0 Å². The molecule has 0 saturated carbocycles. The fourth-order valence-corrected chi connectivity index (χ4v) is 1.58. The van der Waals surface area contributed by atoms with Gasteiger partial charge in [-0.05, 0) is 31.2 Å². The maximum atomic E-state index is 13.6. The van der Waals surface area contributed by atoms with Gasteiger partial charge in [0.2, 0.25) is 0 Å². The van der Waals surface area contributed by atoms with Gasteiger partial charge in [0.15, 0.2) is 17.4 Å². The molecular weight excluding hydrogens is 233 g/mol. The molecule has 0 aliphatic carbocycles. The monoisotopic (exact) mass is 247 g/mol. The second-order valence-electron chi connectivity index (χ2n) is 3.65. The van der Waals surface area contributed by atoms with Crippen LogP contribution in [0.5, 0.6) is 5.75 Å². The van der Waals surface area contributed by atoms with E-state index in [1.165, 1.54) is 13.2 Å². The summed E-state index contributed by atoms with van der Waals surface area (Å²) in [5, 5.41) is 3.09. The Hall–Kier alpha value is -2.17. The number of anilines is 1. The largest absolute Gasteiger partial charge is 0.494 e. The molecule has 0 amide bonds. The predicted octanol–water partition coefficient (Wildman–Crippen LogP) is 2.72. The normalized spacial score (nSPS) is 10.2. The molecule has 0 radical (unpaired) electrons. The lowest BCUT2D eigenvalue weighted by Crippen LogP contribution is -2.01. The second kappa shape index (κ2) is 5.44. The van der Waals surface area contributed by atoms with Gasteiger partial charge in [0.1, 0.15) is 5.82 Å². The molecule has 1 N–H and O–H groups in total. The van der Waals surface area contributed by atoms with Gasteiger partial charge in [-0.2, -0.15) is 0 Å². The molecule has 4 nitrogen and oxygen atoms in total. The minimum atomic E-state index is -0.424. The Morgan fingerprint density at radius 1 is 1.33 bits per heavy atom. The molecule has 18 heavy (non-hydrogen) atoms. The van der Waals surface area contributed by atoms with Gasteiger partial charge in [-0.3, -0.25) is 0 Å². The van der Waals surface area contributed by atoms with E-state index in [-0.39, 0.29) is 5.75 Å². The fourth-order valence-electron chi connectivity index (χ4n) is 1.58. The van der Waals surface area contributed by atoms with Crippen molar-refractivity contribution in [1.82, 2.24) is 9.97 Å². The van der Waals surface area contributed by atoms with Crippen LogP contribution < -0.4 is 10.1 Å². The zero-order valence-electron chi connectivity index (χ0n) is 10.3. The topological polar surface area (TPSA) is 47.0 Å². The van der Waals surface area contributed by atoms with Crippen LogP contribution in [0, 0.1) is 5.82 Å². The number of aromatic nitrogens is 2. The Kier molecular flexibility index (Phi) is 3.72. The van der Waals surface area contributed by atoms with Crippen LogP contribution in [0.2, 0.25) is 0 Å². The van der Waals surface area contributed by atoms with Crippen LogP contribution in [0.3, 0.4) is 0 Å². The first kappa shape index (κ1) is 12.3. The third-order valence-electron chi connectivity index (χ3n) is 2.42. The lowest BCUT2D eigenvalue weighted by atomic mass is 10.2. The first-order chi connectivity index (χ1) is 8.74. The van der Waals surface area contributed by atoms with Gasteiger partial charge < -0.3 is 10.1 Å². The molecule has 1 heterocycles. The van der Waals surface area contributed by atoms with Gasteiger partial charge in [0.05, 0.1) is 7.11 Å². The molecule has 0 unspecified atom stereocenters. The van der Waals surface area contributed by atoms with Gasteiger partial charge in [-0.25, -0.2) is 14.4 Å². The summed E-state index contributed by atoms with van der Waals surface area (Å²) in [6, 6.07) is 6.43. The maximum Gasteiger partial charge on any atom is 0.165 e. The van der Waals surface area contributed by atoms with Gasteiger partial charge in [0.25, 0.3) is 0 Å². The summed E-state index contributed by atoms with van der Waals surface area (Å²) in [6.07, 6.45) is 1.64. The average molecular weight is 247 g/mol. The van der Waals surface area contributed by atoms with Crippen molar-refractivity contribution in [2.24, 2.45) is 0 Å². The third kappa shape index (κ3) is 2.56. The minimum Gasteiger partial charge on any atom is -0.494 e. The summed E-state index contributed by atoms with van der Waals surface area (Å²) < 4.78 is 18.5. The zero-order valence-corrected chi connectivity index (χ0v) is 10.3. The molecule has 0 atom stereocenters. The van der Waals surface area contributed by atoms with Crippen LogP contribution in [-0.4, -0.2) is 23.6 Å². The van der Waals surface area contributed by atoms with Crippen molar-refractivity contribution in [2.45, 2.75) is 6.92 Å². The number of halogens is 1. The molecule has 0 fully saturated rings. The molecule has 0 saturated heterocycles. The number of hydrogen-bond acceptors (Lipinski definition) is 4. The number of nitrogens with one attached hydrogen (secondary N) is 1. The van der Waals surface area contributed by atoms with E-state index >= 15 is 0 Å². The number of methoxy groups -OCH3 is 1. The van der Waals surface area contributed by atoms with Crippen molar-refractivity contribution in [1.29, 1.82) is 0 Å². The average Bonchev–Trinajstić information content (AvgIpc) is 2.39. The number of rotatable bonds is 4. The Labute approximate surface area is 105 Å². The summed E-state index contributed by atoms with van der Waals surface area (Å²) in [5.74, 6) is 0.989.